The van der Waals surface area contributed by atoms with Gasteiger partial charge in [-0.2, -0.15) is 0 Å². The highest BCUT2D eigenvalue weighted by atomic mass is 32.2. The molecule has 1 N–H and O–H groups in total. The molecule has 5 heteroatoms. The number of likely N-dealkylation sites (N-methyl/N-ethyl adjacent to an activating group) is 1. The Hall–Kier alpha value is -0.130. The predicted octanol–water partition coefficient (Wildman–Crippen LogP) is 0.0199. The molecule has 78 valence electrons. The molecule has 13 heavy (non-hydrogen) atoms. The van der Waals surface area contributed by atoms with Crippen LogP contribution in [0.2, 0.25) is 0 Å². The van der Waals surface area contributed by atoms with Gasteiger partial charge >= 0.3 is 0 Å². The van der Waals surface area contributed by atoms with Crippen LogP contribution in [-0.4, -0.2) is 44.7 Å². The van der Waals surface area contributed by atoms with Crippen molar-refractivity contribution in [3.63, 3.8) is 0 Å². The summed E-state index contributed by atoms with van der Waals surface area (Å²) in [6.45, 7) is 3.48. The van der Waals surface area contributed by atoms with Gasteiger partial charge in [-0.15, -0.1) is 0 Å². The Morgan fingerprint density at radius 1 is 1.54 bits per heavy atom. The minimum absolute atomic E-state index is 0.152. The molecule has 1 aliphatic heterocycles. The Morgan fingerprint density at radius 3 is 2.69 bits per heavy atom. The third-order valence-corrected chi connectivity index (χ3v) is 4.49. The summed E-state index contributed by atoms with van der Waals surface area (Å²) < 4.78 is 24.5. The lowest BCUT2D eigenvalue weighted by molar-refractivity contribution is 0.300. The highest BCUT2D eigenvalue weighted by Crippen LogP contribution is 2.12. The molecule has 0 aromatic rings. The van der Waals surface area contributed by atoms with Gasteiger partial charge in [0.1, 0.15) is 0 Å². The molecule has 1 aliphatic rings. The first-order chi connectivity index (χ1) is 6.08. The van der Waals surface area contributed by atoms with E-state index in [9.17, 15) is 8.42 Å². The molecular weight excluding hydrogens is 188 g/mol. The molecule has 1 heterocycles. The van der Waals surface area contributed by atoms with Crippen LogP contribution in [0.1, 0.15) is 19.8 Å². The second kappa shape index (κ2) is 4.39. The predicted molar refractivity (Wildman–Crippen MR) is 53.1 cm³/mol. The van der Waals surface area contributed by atoms with Crippen LogP contribution in [0.3, 0.4) is 0 Å². The summed E-state index contributed by atoms with van der Waals surface area (Å²) in [5.41, 5.74) is 0. The van der Waals surface area contributed by atoms with Crippen molar-refractivity contribution in [1.82, 2.24) is 9.62 Å². The summed E-state index contributed by atoms with van der Waals surface area (Å²) in [5, 5.41) is 3.21. The summed E-state index contributed by atoms with van der Waals surface area (Å²) in [4.78, 5) is 0. The van der Waals surface area contributed by atoms with E-state index in [-0.39, 0.29) is 11.8 Å². The lowest BCUT2D eigenvalue weighted by Crippen LogP contribution is -2.47. The van der Waals surface area contributed by atoms with Gasteiger partial charge in [0.2, 0.25) is 10.0 Å². The number of rotatable bonds is 3. The Labute approximate surface area is 80.4 Å². The van der Waals surface area contributed by atoms with E-state index in [1.165, 1.54) is 4.31 Å². The van der Waals surface area contributed by atoms with E-state index < -0.39 is 10.0 Å². The van der Waals surface area contributed by atoms with Gasteiger partial charge in [-0.05, 0) is 26.3 Å². The van der Waals surface area contributed by atoms with Gasteiger partial charge in [-0.1, -0.05) is 0 Å². The molecule has 0 aromatic heterocycles. The van der Waals surface area contributed by atoms with Crippen LogP contribution in [0.5, 0.6) is 0 Å². The van der Waals surface area contributed by atoms with Gasteiger partial charge in [-0.25, -0.2) is 12.7 Å². The zero-order chi connectivity index (χ0) is 9.90. The summed E-state index contributed by atoms with van der Waals surface area (Å²) in [5.74, 6) is 0.194. The summed E-state index contributed by atoms with van der Waals surface area (Å²) in [7, 11) is -1.33. The van der Waals surface area contributed by atoms with E-state index >= 15 is 0 Å². The van der Waals surface area contributed by atoms with Crippen molar-refractivity contribution in [2.45, 2.75) is 25.8 Å². The number of nitrogens with one attached hydrogen (secondary N) is 1. The van der Waals surface area contributed by atoms with Crippen LogP contribution < -0.4 is 5.32 Å². The SMILES string of the molecule is CCS(=O)(=O)N(C)C1CCCNC1. The van der Waals surface area contributed by atoms with Crippen LogP contribution in [0.25, 0.3) is 0 Å². The van der Waals surface area contributed by atoms with E-state index in [0.29, 0.717) is 0 Å². The molecule has 0 saturated carbocycles. The Kier molecular flexibility index (Phi) is 3.70. The Morgan fingerprint density at radius 2 is 2.23 bits per heavy atom. The lowest BCUT2D eigenvalue weighted by atomic mass is 10.1. The average molecular weight is 206 g/mol. The third kappa shape index (κ3) is 2.65. The second-order valence-corrected chi connectivity index (χ2v) is 5.73. The fraction of sp³-hybridized carbons (Fsp3) is 1.00. The molecule has 0 bridgehead atoms. The first-order valence-corrected chi connectivity index (χ1v) is 6.35. The van der Waals surface area contributed by atoms with Gasteiger partial charge in [0.25, 0.3) is 0 Å². The van der Waals surface area contributed by atoms with Gasteiger partial charge < -0.3 is 5.32 Å². The smallest absolute Gasteiger partial charge is 0.213 e. The van der Waals surface area contributed by atoms with Crippen molar-refractivity contribution in [2.75, 3.05) is 25.9 Å². The van der Waals surface area contributed by atoms with Crippen molar-refractivity contribution in [3.8, 4) is 0 Å². The number of nitrogens with zero attached hydrogens (tertiary/aromatic N) is 1. The zero-order valence-corrected chi connectivity index (χ0v) is 9.10. The molecule has 4 nitrogen and oxygen atoms in total. The summed E-state index contributed by atoms with van der Waals surface area (Å²) in [6, 6.07) is 0.152. The number of hydrogen-bond acceptors (Lipinski definition) is 3. The molecular formula is C8H18N2O2S. The largest absolute Gasteiger partial charge is 0.315 e. The lowest BCUT2D eigenvalue weighted by Gasteiger charge is -2.30. The monoisotopic (exact) mass is 206 g/mol. The molecule has 1 unspecified atom stereocenters. The van der Waals surface area contributed by atoms with Gasteiger partial charge in [-0.3, -0.25) is 0 Å². The van der Waals surface area contributed by atoms with E-state index in [2.05, 4.69) is 5.32 Å². The third-order valence-electron chi connectivity index (χ3n) is 2.59. The quantitative estimate of drug-likeness (QED) is 0.708. The fourth-order valence-electron chi connectivity index (χ4n) is 1.57. The highest BCUT2D eigenvalue weighted by Gasteiger charge is 2.25. The first-order valence-electron chi connectivity index (χ1n) is 4.74. The normalized spacial score (nSPS) is 25.0. The second-order valence-electron chi connectivity index (χ2n) is 3.42. The summed E-state index contributed by atoms with van der Waals surface area (Å²) in [6.07, 6.45) is 2.04. The average Bonchev–Trinajstić information content (AvgIpc) is 2.18. The minimum Gasteiger partial charge on any atom is -0.315 e. The topological polar surface area (TPSA) is 49.4 Å². The molecule has 1 fully saturated rings. The van der Waals surface area contributed by atoms with Crippen molar-refractivity contribution < 1.29 is 8.42 Å². The molecule has 0 radical (unpaired) electrons. The van der Waals surface area contributed by atoms with Crippen molar-refractivity contribution in [1.29, 1.82) is 0 Å². The highest BCUT2D eigenvalue weighted by molar-refractivity contribution is 7.89. The maximum atomic E-state index is 11.5. The first kappa shape index (κ1) is 10.9. The van der Waals surface area contributed by atoms with Crippen LogP contribution in [-0.2, 0) is 10.0 Å². The van der Waals surface area contributed by atoms with Crippen molar-refractivity contribution in [3.05, 3.63) is 0 Å². The molecule has 0 aromatic carbocycles. The molecule has 0 aliphatic carbocycles. The van der Waals surface area contributed by atoms with Gasteiger partial charge in [0.05, 0.1) is 5.75 Å². The van der Waals surface area contributed by atoms with Gasteiger partial charge in [0.15, 0.2) is 0 Å². The van der Waals surface area contributed by atoms with E-state index in [4.69, 9.17) is 0 Å². The molecule has 1 atom stereocenters. The van der Waals surface area contributed by atoms with Crippen molar-refractivity contribution >= 4 is 10.0 Å². The maximum Gasteiger partial charge on any atom is 0.213 e. The van der Waals surface area contributed by atoms with Crippen LogP contribution in [0.15, 0.2) is 0 Å². The van der Waals surface area contributed by atoms with Gasteiger partial charge in [0, 0.05) is 19.6 Å². The van der Waals surface area contributed by atoms with E-state index in [1.807, 2.05) is 0 Å². The number of sulfonamides is 1. The molecule has 1 saturated heterocycles. The van der Waals surface area contributed by atoms with Crippen LogP contribution in [0.4, 0.5) is 0 Å². The van der Waals surface area contributed by atoms with E-state index in [1.54, 1.807) is 14.0 Å². The maximum absolute atomic E-state index is 11.5. The fourth-order valence-corrected chi connectivity index (χ4v) is 2.62. The van der Waals surface area contributed by atoms with Crippen molar-refractivity contribution in [2.24, 2.45) is 0 Å². The molecule has 0 spiro atoms. The Balaban J connectivity index is 2.60. The van der Waals surface area contributed by atoms with Crippen LogP contribution in [0, 0.1) is 0 Å². The minimum atomic E-state index is -3.00. The van der Waals surface area contributed by atoms with E-state index in [0.717, 1.165) is 25.9 Å². The molecule has 0 amide bonds. The number of hydrogen-bond donors (Lipinski definition) is 1. The summed E-state index contributed by atoms with van der Waals surface area (Å²) >= 11 is 0. The molecule has 1 rings (SSSR count). The van der Waals surface area contributed by atoms with Crippen LogP contribution >= 0.6 is 0 Å². The standard InChI is InChI=1S/C8H18N2O2S/c1-3-13(11,12)10(2)8-5-4-6-9-7-8/h8-9H,3-7H2,1-2H3. The Bertz CT molecular complexity index is 245. The number of piperidine rings is 1. The zero-order valence-electron chi connectivity index (χ0n) is 8.28.